The number of hydrogen-bond acceptors (Lipinski definition) is 3. The van der Waals surface area contributed by atoms with Gasteiger partial charge < -0.3 is 10.2 Å². The van der Waals surface area contributed by atoms with Crippen LogP contribution in [0.25, 0.3) is 5.69 Å². The minimum absolute atomic E-state index is 0.107. The molecule has 1 amide bonds. The second-order valence-electron chi connectivity index (χ2n) is 6.45. The number of halogens is 1. The van der Waals surface area contributed by atoms with Gasteiger partial charge in [-0.2, -0.15) is 5.10 Å². The van der Waals surface area contributed by atoms with Crippen molar-refractivity contribution in [3.05, 3.63) is 47.2 Å². The molecule has 1 aromatic heterocycles. The van der Waals surface area contributed by atoms with Crippen LogP contribution in [0.1, 0.15) is 29.8 Å². The van der Waals surface area contributed by atoms with E-state index in [9.17, 15) is 4.79 Å². The van der Waals surface area contributed by atoms with E-state index in [0.29, 0.717) is 10.7 Å². The number of nitrogens with one attached hydrogen (secondary N) is 1. The molecule has 2 aromatic rings. The van der Waals surface area contributed by atoms with E-state index < -0.39 is 0 Å². The molecular weight excluding hydrogens is 312 g/mol. The Labute approximate surface area is 141 Å². The van der Waals surface area contributed by atoms with E-state index in [1.165, 1.54) is 0 Å². The van der Waals surface area contributed by atoms with Gasteiger partial charge in [0.25, 0.3) is 5.91 Å². The quantitative estimate of drug-likeness (QED) is 0.916. The Balaban J connectivity index is 1.72. The van der Waals surface area contributed by atoms with Crippen molar-refractivity contribution < 1.29 is 4.79 Å². The van der Waals surface area contributed by atoms with Crippen LogP contribution in [0.15, 0.2) is 36.5 Å². The van der Waals surface area contributed by atoms with Crippen molar-refractivity contribution in [1.29, 1.82) is 0 Å². The zero-order valence-corrected chi connectivity index (χ0v) is 14.2. The summed E-state index contributed by atoms with van der Waals surface area (Å²) in [6.07, 6.45) is 4.99. The number of hydrogen-bond donors (Lipinski definition) is 1. The Morgan fingerprint density at radius 2 is 2.00 bits per heavy atom. The normalized spacial score (nSPS) is 16.2. The van der Waals surface area contributed by atoms with Crippen molar-refractivity contribution in [1.82, 2.24) is 20.0 Å². The summed E-state index contributed by atoms with van der Waals surface area (Å²) in [7, 11) is 4.06. The number of carbonyl (C=O) groups excluding carboxylic acids is 1. The minimum atomic E-state index is -0.112. The molecule has 0 saturated heterocycles. The van der Waals surface area contributed by atoms with E-state index in [4.69, 9.17) is 11.6 Å². The molecule has 122 valence electrons. The summed E-state index contributed by atoms with van der Waals surface area (Å²) in [5.41, 5.74) is 1.20. The van der Waals surface area contributed by atoms with Gasteiger partial charge in [-0.15, -0.1) is 0 Å². The average molecular weight is 333 g/mol. The number of aromatic nitrogens is 2. The predicted molar refractivity (Wildman–Crippen MR) is 91.2 cm³/mol. The predicted octanol–water partition coefficient (Wildman–Crippen LogP) is 2.74. The Kier molecular flexibility index (Phi) is 4.41. The molecule has 0 spiro atoms. The molecule has 1 aliphatic carbocycles. The molecule has 1 N–H and O–H groups in total. The Morgan fingerprint density at radius 1 is 1.30 bits per heavy atom. The van der Waals surface area contributed by atoms with Crippen molar-refractivity contribution in [3.8, 4) is 5.69 Å². The van der Waals surface area contributed by atoms with Gasteiger partial charge in [0.1, 0.15) is 0 Å². The van der Waals surface area contributed by atoms with Crippen LogP contribution in [0, 0.1) is 0 Å². The van der Waals surface area contributed by atoms with Crippen molar-refractivity contribution in [2.75, 3.05) is 20.6 Å². The maximum absolute atomic E-state index is 12.5. The monoisotopic (exact) mass is 332 g/mol. The summed E-state index contributed by atoms with van der Waals surface area (Å²) >= 11 is 5.89. The smallest absolute Gasteiger partial charge is 0.272 e. The molecule has 1 aliphatic rings. The van der Waals surface area contributed by atoms with Crippen molar-refractivity contribution in [2.45, 2.75) is 24.8 Å². The Bertz CT molecular complexity index is 689. The molecule has 1 aromatic carbocycles. The Morgan fingerprint density at radius 3 is 2.57 bits per heavy atom. The topological polar surface area (TPSA) is 50.2 Å². The molecule has 0 bridgehead atoms. The third-order valence-corrected chi connectivity index (χ3v) is 4.47. The molecule has 1 fully saturated rings. The number of rotatable bonds is 5. The molecule has 6 heteroatoms. The highest BCUT2D eigenvalue weighted by atomic mass is 35.5. The van der Waals surface area contributed by atoms with Gasteiger partial charge in [-0.3, -0.25) is 4.79 Å². The second-order valence-corrected chi connectivity index (χ2v) is 6.88. The third-order valence-electron chi connectivity index (χ3n) is 4.22. The second kappa shape index (κ2) is 6.34. The first kappa shape index (κ1) is 16.0. The van der Waals surface area contributed by atoms with Crippen LogP contribution in [0.5, 0.6) is 0 Å². The third kappa shape index (κ3) is 3.57. The lowest BCUT2D eigenvalue weighted by Gasteiger charge is -2.44. The zero-order valence-electron chi connectivity index (χ0n) is 13.4. The van der Waals surface area contributed by atoms with E-state index in [1.54, 1.807) is 29.1 Å². The standard InChI is InChI=1S/C17H21ClN4O/c1-21(2)12-17(9-3-10-17)19-16(23)15-8-11-22(20-15)14-6-4-13(18)5-7-14/h4-8,11H,3,9-10,12H2,1-2H3,(H,19,23). The number of nitrogens with zero attached hydrogens (tertiary/aromatic N) is 3. The fraction of sp³-hybridized carbons (Fsp3) is 0.412. The number of amides is 1. The van der Waals surface area contributed by atoms with Crippen molar-refractivity contribution in [3.63, 3.8) is 0 Å². The van der Waals surface area contributed by atoms with Crippen LogP contribution in [0.2, 0.25) is 5.02 Å². The largest absolute Gasteiger partial charge is 0.344 e. The number of benzene rings is 1. The highest BCUT2D eigenvalue weighted by molar-refractivity contribution is 6.30. The van der Waals surface area contributed by atoms with Gasteiger partial charge in [-0.05, 0) is 63.7 Å². The molecule has 3 rings (SSSR count). The Hall–Kier alpha value is -1.85. The lowest BCUT2D eigenvalue weighted by atomic mass is 9.76. The SMILES string of the molecule is CN(C)CC1(NC(=O)c2ccn(-c3ccc(Cl)cc3)n2)CCC1. The van der Waals surface area contributed by atoms with Gasteiger partial charge >= 0.3 is 0 Å². The van der Waals surface area contributed by atoms with Crippen molar-refractivity contribution >= 4 is 17.5 Å². The van der Waals surface area contributed by atoms with E-state index in [2.05, 4.69) is 15.3 Å². The fourth-order valence-corrected chi connectivity index (χ4v) is 3.15. The average Bonchev–Trinajstić information content (AvgIpc) is 2.95. The highest BCUT2D eigenvalue weighted by Crippen LogP contribution is 2.32. The number of likely N-dealkylation sites (N-methyl/N-ethyl adjacent to an activating group) is 1. The van der Waals surface area contributed by atoms with Gasteiger partial charge in [0.15, 0.2) is 5.69 Å². The van der Waals surface area contributed by atoms with Crippen LogP contribution in [0.4, 0.5) is 0 Å². The van der Waals surface area contributed by atoms with Crippen LogP contribution >= 0.6 is 11.6 Å². The maximum atomic E-state index is 12.5. The summed E-state index contributed by atoms with van der Waals surface area (Å²) in [5.74, 6) is -0.112. The van der Waals surface area contributed by atoms with Crippen LogP contribution in [-0.4, -0.2) is 46.8 Å². The summed E-state index contributed by atoms with van der Waals surface area (Å²) in [6.45, 7) is 0.858. The first-order valence-corrected chi connectivity index (χ1v) is 8.14. The lowest BCUT2D eigenvalue weighted by Crippen LogP contribution is -2.59. The molecule has 5 nitrogen and oxygen atoms in total. The van der Waals surface area contributed by atoms with E-state index in [-0.39, 0.29) is 11.4 Å². The first-order valence-electron chi connectivity index (χ1n) is 7.76. The van der Waals surface area contributed by atoms with E-state index >= 15 is 0 Å². The van der Waals surface area contributed by atoms with Gasteiger partial charge in [0.2, 0.25) is 0 Å². The van der Waals surface area contributed by atoms with Gasteiger partial charge in [0, 0.05) is 17.8 Å². The molecular formula is C17H21ClN4O. The molecule has 0 atom stereocenters. The van der Waals surface area contributed by atoms with Gasteiger partial charge in [-0.25, -0.2) is 4.68 Å². The van der Waals surface area contributed by atoms with E-state index in [1.807, 2.05) is 26.2 Å². The van der Waals surface area contributed by atoms with E-state index in [0.717, 1.165) is 31.5 Å². The molecule has 1 heterocycles. The first-order chi connectivity index (χ1) is 11.0. The summed E-state index contributed by atoms with van der Waals surface area (Å²) < 4.78 is 1.69. The molecule has 0 radical (unpaired) electrons. The molecule has 0 unspecified atom stereocenters. The molecule has 1 saturated carbocycles. The zero-order chi connectivity index (χ0) is 16.4. The molecule has 23 heavy (non-hydrogen) atoms. The maximum Gasteiger partial charge on any atom is 0.272 e. The van der Waals surface area contributed by atoms with Crippen LogP contribution in [0.3, 0.4) is 0 Å². The summed E-state index contributed by atoms with van der Waals surface area (Å²) in [5, 5.41) is 8.23. The number of carbonyl (C=O) groups is 1. The fourth-order valence-electron chi connectivity index (χ4n) is 3.02. The van der Waals surface area contributed by atoms with Crippen molar-refractivity contribution in [2.24, 2.45) is 0 Å². The highest BCUT2D eigenvalue weighted by Gasteiger charge is 2.39. The lowest BCUT2D eigenvalue weighted by molar-refractivity contribution is 0.0767. The minimum Gasteiger partial charge on any atom is -0.344 e. The van der Waals surface area contributed by atoms with Gasteiger partial charge in [-0.1, -0.05) is 11.6 Å². The van der Waals surface area contributed by atoms with Crippen LogP contribution < -0.4 is 5.32 Å². The van der Waals surface area contributed by atoms with Gasteiger partial charge in [0.05, 0.1) is 11.2 Å². The van der Waals surface area contributed by atoms with Crippen LogP contribution in [-0.2, 0) is 0 Å². The molecule has 0 aliphatic heterocycles. The summed E-state index contributed by atoms with van der Waals surface area (Å²) in [4.78, 5) is 14.6. The summed E-state index contributed by atoms with van der Waals surface area (Å²) in [6, 6.07) is 9.09.